The second-order valence-electron chi connectivity index (χ2n) is 4.72. The zero-order valence-corrected chi connectivity index (χ0v) is 12.2. The summed E-state index contributed by atoms with van der Waals surface area (Å²) in [5, 5.41) is 13.6. The van der Waals surface area contributed by atoms with Gasteiger partial charge in [-0.3, -0.25) is 4.39 Å². The SMILES string of the molecule is Oc1ccc2nc(-c3ccc(NCCC[18F])cc3)sc2c1. The van der Waals surface area contributed by atoms with Crippen molar-refractivity contribution in [3.8, 4) is 16.3 Å². The molecular formula is C16H15FN2OS. The zero-order chi connectivity index (χ0) is 14.7. The first-order chi connectivity index (χ1) is 10.3. The number of phenols is 1. The molecule has 0 amide bonds. The number of alkyl halides is 1. The van der Waals surface area contributed by atoms with Crippen LogP contribution in [-0.2, 0) is 0 Å². The molecule has 0 aliphatic carbocycles. The molecule has 0 unspecified atom stereocenters. The van der Waals surface area contributed by atoms with E-state index in [-0.39, 0.29) is 12.4 Å². The summed E-state index contributed by atoms with van der Waals surface area (Å²) >= 11 is 1.55. The molecule has 21 heavy (non-hydrogen) atoms. The molecule has 1 heterocycles. The molecule has 0 saturated heterocycles. The third-order valence-corrected chi connectivity index (χ3v) is 4.21. The van der Waals surface area contributed by atoms with E-state index in [4.69, 9.17) is 0 Å². The fourth-order valence-corrected chi connectivity index (χ4v) is 3.07. The number of phenolic OH excluding ortho intramolecular Hbond substituents is 1. The van der Waals surface area contributed by atoms with Crippen molar-refractivity contribution in [3.05, 3.63) is 42.5 Å². The predicted octanol–water partition coefficient (Wildman–Crippen LogP) is 4.44. The predicted molar refractivity (Wildman–Crippen MR) is 85.8 cm³/mol. The van der Waals surface area contributed by atoms with Gasteiger partial charge >= 0.3 is 0 Å². The Morgan fingerprint density at radius 1 is 1.14 bits per heavy atom. The molecule has 0 bridgehead atoms. The Morgan fingerprint density at radius 3 is 2.71 bits per heavy atom. The van der Waals surface area contributed by atoms with Crippen molar-refractivity contribution in [1.82, 2.24) is 4.98 Å². The number of nitrogens with one attached hydrogen (secondary N) is 1. The standard InChI is InChI=1S/C16H15FN2OS/c17-8-1-9-18-12-4-2-11(3-5-12)16-19-14-7-6-13(20)10-15(14)21-16/h2-7,10,18,20H,1,8-9H2/i17-1. The molecule has 0 fully saturated rings. The van der Waals surface area contributed by atoms with E-state index in [1.807, 2.05) is 30.3 Å². The van der Waals surface area contributed by atoms with Gasteiger partial charge in [-0.25, -0.2) is 4.98 Å². The zero-order valence-electron chi connectivity index (χ0n) is 11.3. The van der Waals surface area contributed by atoms with Gasteiger partial charge in [-0.15, -0.1) is 11.3 Å². The van der Waals surface area contributed by atoms with Crippen LogP contribution in [-0.4, -0.2) is 23.3 Å². The van der Waals surface area contributed by atoms with Crippen LogP contribution in [0.1, 0.15) is 6.42 Å². The molecule has 108 valence electrons. The van der Waals surface area contributed by atoms with Crippen molar-refractivity contribution in [2.24, 2.45) is 0 Å². The number of nitrogens with zero attached hydrogens (tertiary/aromatic N) is 1. The van der Waals surface area contributed by atoms with Crippen molar-refractivity contribution in [1.29, 1.82) is 0 Å². The van der Waals surface area contributed by atoms with E-state index in [0.717, 1.165) is 26.5 Å². The van der Waals surface area contributed by atoms with Crippen LogP contribution in [0.3, 0.4) is 0 Å². The summed E-state index contributed by atoms with van der Waals surface area (Å²) in [5.74, 6) is 0.255. The quantitative estimate of drug-likeness (QED) is 0.685. The Morgan fingerprint density at radius 2 is 1.95 bits per heavy atom. The number of hydrogen-bond donors (Lipinski definition) is 2. The number of rotatable bonds is 5. The summed E-state index contributed by atoms with van der Waals surface area (Å²) in [6.07, 6.45) is 0.517. The molecule has 0 radical (unpaired) electrons. The fourth-order valence-electron chi connectivity index (χ4n) is 2.07. The average Bonchev–Trinajstić information content (AvgIpc) is 2.91. The lowest BCUT2D eigenvalue weighted by atomic mass is 10.2. The smallest absolute Gasteiger partial charge is 0.124 e. The van der Waals surface area contributed by atoms with Gasteiger partial charge in [-0.2, -0.15) is 0 Å². The Kier molecular flexibility index (Phi) is 4.01. The Balaban J connectivity index is 1.81. The van der Waals surface area contributed by atoms with Gasteiger partial charge in [0.05, 0.1) is 16.9 Å². The lowest BCUT2D eigenvalue weighted by Crippen LogP contribution is -2.01. The first kappa shape index (κ1) is 13.8. The second-order valence-corrected chi connectivity index (χ2v) is 5.75. The molecule has 0 atom stereocenters. The van der Waals surface area contributed by atoms with Crippen molar-refractivity contribution in [3.63, 3.8) is 0 Å². The molecule has 2 N–H and O–H groups in total. The van der Waals surface area contributed by atoms with E-state index in [1.54, 1.807) is 23.5 Å². The number of halogens is 1. The molecule has 5 heteroatoms. The summed E-state index contributed by atoms with van der Waals surface area (Å²) in [7, 11) is 0. The minimum atomic E-state index is -0.302. The lowest BCUT2D eigenvalue weighted by molar-refractivity contribution is 0.476. The molecule has 3 nitrogen and oxygen atoms in total. The van der Waals surface area contributed by atoms with Crippen LogP contribution >= 0.6 is 11.3 Å². The first-order valence-electron chi connectivity index (χ1n) is 6.76. The topological polar surface area (TPSA) is 45.2 Å². The number of aromatic hydroxyl groups is 1. The normalized spacial score (nSPS) is 10.9. The van der Waals surface area contributed by atoms with Crippen molar-refractivity contribution in [2.75, 3.05) is 18.5 Å². The maximum Gasteiger partial charge on any atom is 0.124 e. The van der Waals surface area contributed by atoms with Crippen LogP contribution in [0.5, 0.6) is 5.75 Å². The van der Waals surface area contributed by atoms with Gasteiger partial charge in [0.2, 0.25) is 0 Å². The van der Waals surface area contributed by atoms with E-state index in [2.05, 4.69) is 10.3 Å². The number of aromatic nitrogens is 1. The van der Waals surface area contributed by atoms with Crippen LogP contribution in [0.4, 0.5) is 10.1 Å². The Bertz CT molecular complexity index is 740. The van der Waals surface area contributed by atoms with Crippen LogP contribution in [0, 0.1) is 0 Å². The van der Waals surface area contributed by atoms with Crippen LogP contribution in [0.2, 0.25) is 0 Å². The van der Waals surface area contributed by atoms with E-state index >= 15 is 0 Å². The van der Waals surface area contributed by atoms with Crippen LogP contribution in [0.25, 0.3) is 20.8 Å². The fraction of sp³-hybridized carbons (Fsp3) is 0.188. The molecule has 3 aromatic rings. The number of anilines is 1. The first-order valence-corrected chi connectivity index (χ1v) is 7.58. The summed E-state index contributed by atoms with van der Waals surface area (Å²) in [4.78, 5) is 4.57. The third kappa shape index (κ3) is 3.13. The average molecular weight is 301 g/mol. The van der Waals surface area contributed by atoms with E-state index in [1.165, 1.54) is 0 Å². The summed E-state index contributed by atoms with van der Waals surface area (Å²) in [6.45, 7) is 0.333. The number of hydrogen-bond acceptors (Lipinski definition) is 4. The summed E-state index contributed by atoms with van der Waals surface area (Å²) in [5.41, 5.74) is 2.90. The molecule has 1 aromatic heterocycles. The highest BCUT2D eigenvalue weighted by Crippen LogP contribution is 2.32. The van der Waals surface area contributed by atoms with Gasteiger partial charge in [0.1, 0.15) is 10.8 Å². The maximum absolute atomic E-state index is 12.0. The third-order valence-electron chi connectivity index (χ3n) is 3.14. The minimum Gasteiger partial charge on any atom is -0.508 e. The molecule has 2 aromatic carbocycles. The molecule has 0 spiro atoms. The molecule has 0 aliphatic heterocycles. The minimum absolute atomic E-state index is 0.255. The van der Waals surface area contributed by atoms with Crippen molar-refractivity contribution >= 4 is 27.2 Å². The highest BCUT2D eigenvalue weighted by Gasteiger charge is 2.06. The number of benzene rings is 2. The molecule has 0 saturated carbocycles. The summed E-state index contributed by atoms with van der Waals surface area (Å²) < 4.78 is 13.0. The van der Waals surface area contributed by atoms with Crippen molar-refractivity contribution < 1.29 is 9.50 Å². The summed E-state index contributed by atoms with van der Waals surface area (Å²) in [6, 6.07) is 13.1. The number of thiazole rings is 1. The van der Waals surface area contributed by atoms with Gasteiger partial charge in [0, 0.05) is 17.8 Å². The highest BCUT2D eigenvalue weighted by atomic mass is 32.1. The van der Waals surface area contributed by atoms with Crippen molar-refractivity contribution in [2.45, 2.75) is 6.42 Å². The molecule has 3 rings (SSSR count). The Hall–Kier alpha value is -2.14. The molecular weight excluding hydrogens is 286 g/mol. The maximum atomic E-state index is 12.0. The van der Waals surface area contributed by atoms with Gasteiger partial charge in [0.15, 0.2) is 0 Å². The van der Waals surface area contributed by atoms with E-state index < -0.39 is 0 Å². The molecule has 0 aliphatic rings. The van der Waals surface area contributed by atoms with E-state index in [0.29, 0.717) is 13.0 Å². The van der Waals surface area contributed by atoms with Gasteiger partial charge in [-0.1, -0.05) is 0 Å². The lowest BCUT2D eigenvalue weighted by Gasteiger charge is -2.05. The van der Waals surface area contributed by atoms with Crippen LogP contribution in [0.15, 0.2) is 42.5 Å². The second kappa shape index (κ2) is 6.10. The number of fused-ring (bicyclic) bond motifs is 1. The van der Waals surface area contributed by atoms with E-state index in [9.17, 15) is 9.50 Å². The van der Waals surface area contributed by atoms with Crippen LogP contribution < -0.4 is 5.32 Å². The highest BCUT2D eigenvalue weighted by molar-refractivity contribution is 7.21. The van der Waals surface area contributed by atoms with Gasteiger partial charge in [-0.05, 0) is 48.9 Å². The van der Waals surface area contributed by atoms with Gasteiger partial charge < -0.3 is 10.4 Å². The largest absolute Gasteiger partial charge is 0.508 e. The Labute approximate surface area is 126 Å². The monoisotopic (exact) mass is 301 g/mol. The van der Waals surface area contributed by atoms with Gasteiger partial charge in [0.25, 0.3) is 0 Å².